The number of ether oxygens (including phenoxy) is 1. The van der Waals surface area contributed by atoms with E-state index >= 15 is 0 Å². The molecule has 0 spiro atoms. The van der Waals surface area contributed by atoms with Crippen molar-refractivity contribution in [3.63, 3.8) is 0 Å². The van der Waals surface area contributed by atoms with E-state index in [9.17, 15) is 19.2 Å². The number of carboxylic acid groups (broad SMARTS) is 1. The number of rotatable bonds is 19. The minimum atomic E-state index is -0.820. The van der Waals surface area contributed by atoms with Gasteiger partial charge in [-0.2, -0.15) is 11.8 Å². The first-order valence-electron chi connectivity index (χ1n) is 15.2. The first-order valence-corrected chi connectivity index (χ1v) is 16.4. The topological polar surface area (TPSA) is 148 Å². The van der Waals surface area contributed by atoms with Crippen molar-refractivity contribution in [2.24, 2.45) is 11.7 Å². The Morgan fingerprint density at radius 1 is 0.822 bits per heavy atom. The number of carboxylic acids is 1. The first kappa shape index (κ1) is 35.3. The fraction of sp³-hybridized carbons (Fsp3) is 0.371. The number of hydrogen-bond acceptors (Lipinski definition) is 7. The number of aliphatic carboxylic acids is 1. The van der Waals surface area contributed by atoms with Gasteiger partial charge >= 0.3 is 11.9 Å². The van der Waals surface area contributed by atoms with Gasteiger partial charge in [0.25, 0.3) is 0 Å². The molecule has 0 fully saturated rings. The molecule has 1 unspecified atom stereocenters. The minimum Gasteiger partial charge on any atom is -0.481 e. The number of esters is 1. The Balaban J connectivity index is 1.53. The van der Waals surface area contributed by atoms with Crippen LogP contribution in [0, 0.1) is 5.92 Å². The highest BCUT2D eigenvalue weighted by Crippen LogP contribution is 2.18. The van der Waals surface area contributed by atoms with Crippen molar-refractivity contribution in [1.29, 1.82) is 0 Å². The Morgan fingerprint density at radius 3 is 2.09 bits per heavy atom. The maximum absolute atomic E-state index is 13.3. The Kier molecular flexibility index (Phi) is 15.1. The molecule has 45 heavy (non-hydrogen) atoms. The minimum absolute atomic E-state index is 0.109. The number of carbonyl (C=O) groups excluding carboxylic acids is 3. The lowest BCUT2D eigenvalue weighted by atomic mass is 10.00. The predicted octanol–water partition coefficient (Wildman–Crippen LogP) is 5.33. The van der Waals surface area contributed by atoms with E-state index in [1.807, 2.05) is 79.7 Å². The number of nitrogens with two attached hydrogens (primary N) is 1. The van der Waals surface area contributed by atoms with Crippen LogP contribution in [-0.4, -0.2) is 46.7 Å². The van der Waals surface area contributed by atoms with Gasteiger partial charge in [0.15, 0.2) is 0 Å². The van der Waals surface area contributed by atoms with E-state index in [2.05, 4.69) is 10.6 Å². The van der Waals surface area contributed by atoms with Crippen molar-refractivity contribution in [3.05, 3.63) is 102 Å². The highest BCUT2D eigenvalue weighted by Gasteiger charge is 2.24. The van der Waals surface area contributed by atoms with E-state index in [1.165, 1.54) is 11.8 Å². The molecule has 240 valence electrons. The third-order valence-electron chi connectivity index (χ3n) is 7.22. The second-order valence-corrected chi connectivity index (χ2v) is 12.1. The molecule has 0 heterocycles. The molecule has 10 heteroatoms. The molecule has 0 aromatic heterocycles. The molecule has 5 N–H and O–H groups in total. The number of carbonyl (C=O) groups is 4. The molecule has 3 aromatic rings. The molecule has 3 atom stereocenters. The summed E-state index contributed by atoms with van der Waals surface area (Å²) in [5.41, 5.74) is 9.65. The number of benzene rings is 3. The number of hydrogen-bond donors (Lipinski definition) is 4. The largest absolute Gasteiger partial charge is 0.481 e. The van der Waals surface area contributed by atoms with Crippen molar-refractivity contribution in [2.75, 3.05) is 11.1 Å². The van der Waals surface area contributed by atoms with E-state index in [4.69, 9.17) is 15.6 Å². The average molecular weight is 634 g/mol. The highest BCUT2D eigenvalue weighted by molar-refractivity contribution is 7.98. The summed E-state index contributed by atoms with van der Waals surface area (Å²) >= 11 is 1.53. The molecule has 3 rings (SSSR count). The number of amides is 2. The third-order valence-corrected chi connectivity index (χ3v) is 8.26. The first-order chi connectivity index (χ1) is 21.7. The van der Waals surface area contributed by atoms with Gasteiger partial charge < -0.3 is 26.2 Å². The normalized spacial score (nSPS) is 12.8. The summed E-state index contributed by atoms with van der Waals surface area (Å²) in [6, 6.07) is 24.7. The number of unbranched alkanes of at least 4 members (excludes halogenated alkanes) is 1. The van der Waals surface area contributed by atoms with Crippen molar-refractivity contribution < 1.29 is 29.0 Å². The van der Waals surface area contributed by atoms with Crippen molar-refractivity contribution in [2.45, 2.75) is 69.9 Å². The van der Waals surface area contributed by atoms with Gasteiger partial charge in [0.1, 0.15) is 12.6 Å². The molecule has 0 aliphatic rings. The standard InChI is InChI=1S/C35H43N3O6S/c1-25(35(43)44-23-27-13-6-3-7-14-27)10-8-9-15-31(38-33(41)30(36)22-26-11-4-2-5-12-26)34(42)37-29-18-16-28(17-19-29)24-45-21-20-32(39)40/h2-7,11-14,16-19,25,30-31H,8-10,15,20-24,36H2,1H3,(H,37,42)(H,38,41)(H,39,40)/t25?,30-,31+/m0/s1. The lowest BCUT2D eigenvalue weighted by molar-refractivity contribution is -0.149. The fourth-order valence-corrected chi connectivity index (χ4v) is 5.45. The van der Waals surface area contributed by atoms with Crippen LogP contribution >= 0.6 is 11.8 Å². The fourth-order valence-electron chi connectivity index (χ4n) is 4.56. The van der Waals surface area contributed by atoms with Crippen LogP contribution in [0.3, 0.4) is 0 Å². The number of nitrogens with one attached hydrogen (secondary N) is 2. The van der Waals surface area contributed by atoms with Gasteiger partial charge in [-0.25, -0.2) is 0 Å². The third kappa shape index (κ3) is 13.6. The molecule has 2 amide bonds. The molecular weight excluding hydrogens is 590 g/mol. The summed E-state index contributed by atoms with van der Waals surface area (Å²) in [7, 11) is 0. The van der Waals surface area contributed by atoms with E-state index in [0.29, 0.717) is 49.3 Å². The maximum Gasteiger partial charge on any atom is 0.308 e. The van der Waals surface area contributed by atoms with Crippen LogP contribution in [0.4, 0.5) is 5.69 Å². The summed E-state index contributed by atoms with van der Waals surface area (Å²) in [6.45, 7) is 2.06. The van der Waals surface area contributed by atoms with Gasteiger partial charge in [0.2, 0.25) is 11.8 Å². The maximum atomic E-state index is 13.3. The Bertz CT molecular complexity index is 1350. The zero-order valence-corrected chi connectivity index (χ0v) is 26.5. The summed E-state index contributed by atoms with van der Waals surface area (Å²) in [6.07, 6.45) is 2.70. The number of thioether (sulfide) groups is 1. The quantitative estimate of drug-likeness (QED) is 0.102. The predicted molar refractivity (Wildman–Crippen MR) is 177 cm³/mol. The molecule has 0 saturated heterocycles. The van der Waals surface area contributed by atoms with Gasteiger partial charge in [-0.05, 0) is 48.1 Å². The molecule has 0 bridgehead atoms. The molecule has 9 nitrogen and oxygen atoms in total. The Hall–Kier alpha value is -4.15. The Labute approximate surface area is 269 Å². The zero-order valence-electron chi connectivity index (χ0n) is 25.7. The molecule has 0 radical (unpaired) electrons. The SMILES string of the molecule is CC(CCCC[C@@H](NC(=O)[C@@H](N)Cc1ccccc1)C(=O)Nc1ccc(CSCCC(=O)O)cc1)C(=O)OCc1ccccc1. The van der Waals surface area contributed by atoms with E-state index < -0.39 is 24.0 Å². The molecule has 0 saturated carbocycles. The van der Waals surface area contributed by atoms with Gasteiger partial charge in [-0.15, -0.1) is 0 Å². The monoisotopic (exact) mass is 633 g/mol. The zero-order chi connectivity index (χ0) is 32.4. The second kappa shape index (κ2) is 19.3. The van der Waals surface area contributed by atoms with Crippen LogP contribution in [0.1, 0.15) is 55.7 Å². The van der Waals surface area contributed by atoms with Crippen LogP contribution in [0.25, 0.3) is 0 Å². The van der Waals surface area contributed by atoms with E-state index in [0.717, 1.165) is 16.7 Å². The Morgan fingerprint density at radius 2 is 1.44 bits per heavy atom. The summed E-state index contributed by atoms with van der Waals surface area (Å²) in [5, 5.41) is 14.5. The highest BCUT2D eigenvalue weighted by atomic mass is 32.2. The van der Waals surface area contributed by atoms with Gasteiger partial charge in [-0.3, -0.25) is 19.2 Å². The smallest absolute Gasteiger partial charge is 0.308 e. The van der Waals surface area contributed by atoms with Crippen LogP contribution in [0.2, 0.25) is 0 Å². The van der Waals surface area contributed by atoms with Crippen LogP contribution < -0.4 is 16.4 Å². The molecule has 0 aliphatic carbocycles. The van der Waals surface area contributed by atoms with Gasteiger partial charge in [0, 0.05) is 17.2 Å². The average Bonchev–Trinajstić information content (AvgIpc) is 3.04. The summed E-state index contributed by atoms with van der Waals surface area (Å²) in [4.78, 5) is 49.5. The molecular formula is C35H43N3O6S. The van der Waals surface area contributed by atoms with Crippen LogP contribution in [0.5, 0.6) is 0 Å². The number of anilines is 1. The molecule has 0 aliphatic heterocycles. The summed E-state index contributed by atoms with van der Waals surface area (Å²) in [5.74, 6) is -0.959. The lowest BCUT2D eigenvalue weighted by Crippen LogP contribution is -2.50. The lowest BCUT2D eigenvalue weighted by Gasteiger charge is -2.21. The van der Waals surface area contributed by atoms with Crippen molar-refractivity contribution >= 4 is 41.2 Å². The molecule has 3 aromatic carbocycles. The van der Waals surface area contributed by atoms with Crippen LogP contribution in [0.15, 0.2) is 84.9 Å². The second-order valence-electron chi connectivity index (χ2n) is 11.0. The van der Waals surface area contributed by atoms with Gasteiger partial charge in [-0.1, -0.05) is 92.6 Å². The van der Waals surface area contributed by atoms with Crippen molar-refractivity contribution in [1.82, 2.24) is 5.32 Å². The van der Waals surface area contributed by atoms with Crippen molar-refractivity contribution in [3.8, 4) is 0 Å². The van der Waals surface area contributed by atoms with E-state index in [-0.39, 0.29) is 30.8 Å². The van der Waals surface area contributed by atoms with Gasteiger partial charge in [0.05, 0.1) is 18.4 Å². The summed E-state index contributed by atoms with van der Waals surface area (Å²) < 4.78 is 5.45. The van der Waals surface area contributed by atoms with Crippen LogP contribution in [-0.2, 0) is 42.7 Å². The van der Waals surface area contributed by atoms with E-state index in [1.54, 1.807) is 12.1 Å².